The predicted molar refractivity (Wildman–Crippen MR) is 90.4 cm³/mol. The monoisotopic (exact) mass is 356 g/mol. The lowest BCUT2D eigenvalue weighted by molar-refractivity contribution is -0.112. The molecule has 0 unspecified atom stereocenters. The van der Waals surface area contributed by atoms with Crippen LogP contribution in [0.5, 0.6) is 11.5 Å². The second-order valence-electron chi connectivity index (χ2n) is 5.10. The van der Waals surface area contributed by atoms with Crippen LogP contribution in [-0.2, 0) is 4.79 Å². The number of thiazole rings is 1. The molecule has 0 fully saturated rings. The third-order valence-electron chi connectivity index (χ3n) is 3.32. The predicted octanol–water partition coefficient (Wildman–Crippen LogP) is 2.88. The summed E-state index contributed by atoms with van der Waals surface area (Å²) in [4.78, 5) is 16.2. The van der Waals surface area contributed by atoms with Gasteiger partial charge in [-0.15, -0.1) is 16.4 Å². The number of hydrogen-bond donors (Lipinski definition) is 1. The molecule has 0 atom stereocenters. The number of ether oxygens (including phenoxy) is 2. The molecule has 4 rings (SSSR count). The summed E-state index contributed by atoms with van der Waals surface area (Å²) in [7, 11) is 0. The van der Waals surface area contributed by atoms with Gasteiger partial charge in [0, 0.05) is 11.5 Å². The van der Waals surface area contributed by atoms with Gasteiger partial charge in [0.1, 0.15) is 5.69 Å². The smallest absolute Gasteiger partial charge is 0.322 e. The zero-order valence-electron chi connectivity index (χ0n) is 13.1. The molecule has 1 N–H and O–H groups in total. The molecule has 9 heteroatoms. The molecule has 0 saturated heterocycles. The van der Waals surface area contributed by atoms with Crippen molar-refractivity contribution in [1.29, 1.82) is 0 Å². The molecule has 0 radical (unpaired) electrons. The van der Waals surface area contributed by atoms with Crippen LogP contribution in [0.3, 0.4) is 0 Å². The molecule has 0 saturated carbocycles. The summed E-state index contributed by atoms with van der Waals surface area (Å²) in [6, 6.07) is 5.43. The highest BCUT2D eigenvalue weighted by molar-refractivity contribution is 7.09. The average Bonchev–Trinajstić information content (AvgIpc) is 3.32. The first-order valence-corrected chi connectivity index (χ1v) is 8.20. The number of rotatable bonds is 4. The number of hydrogen-bond acceptors (Lipinski definition) is 8. The van der Waals surface area contributed by atoms with Crippen LogP contribution < -0.4 is 14.8 Å². The Kier molecular flexibility index (Phi) is 3.90. The summed E-state index contributed by atoms with van der Waals surface area (Å²) >= 11 is 1.48. The van der Waals surface area contributed by atoms with E-state index in [-0.39, 0.29) is 24.6 Å². The minimum atomic E-state index is -0.387. The molecule has 3 heterocycles. The fourth-order valence-corrected chi connectivity index (χ4v) is 2.76. The van der Waals surface area contributed by atoms with Crippen molar-refractivity contribution in [2.45, 2.75) is 6.92 Å². The largest absolute Gasteiger partial charge is 0.454 e. The number of nitrogens with zero attached hydrogens (tertiary/aromatic N) is 3. The van der Waals surface area contributed by atoms with E-state index in [9.17, 15) is 4.79 Å². The molecule has 3 aromatic rings. The minimum Gasteiger partial charge on any atom is -0.454 e. The summed E-state index contributed by atoms with van der Waals surface area (Å²) in [5, 5.41) is 12.9. The Bertz CT molecular complexity index is 963. The third kappa shape index (κ3) is 3.36. The van der Waals surface area contributed by atoms with E-state index in [1.807, 2.05) is 18.4 Å². The third-order valence-corrected chi connectivity index (χ3v) is 4.09. The second kappa shape index (κ2) is 6.36. The van der Waals surface area contributed by atoms with Gasteiger partial charge in [-0.25, -0.2) is 4.98 Å². The number of carbonyl (C=O) groups is 1. The fourth-order valence-electron chi connectivity index (χ4n) is 2.17. The molecule has 1 amide bonds. The van der Waals surface area contributed by atoms with Crippen LogP contribution in [-0.4, -0.2) is 27.9 Å². The molecule has 126 valence electrons. The summed E-state index contributed by atoms with van der Waals surface area (Å²) < 4.78 is 15.9. The normalized spacial score (nSPS) is 12.7. The SMILES string of the molecule is Cc1nc(-c2nnc(NC(=O)C=Cc3ccc4c(c3)OCO4)o2)cs1. The number of aryl methyl sites for hydroxylation is 1. The van der Waals surface area contributed by atoms with Crippen molar-refractivity contribution in [2.24, 2.45) is 0 Å². The van der Waals surface area contributed by atoms with E-state index in [1.165, 1.54) is 17.4 Å². The van der Waals surface area contributed by atoms with Crippen LogP contribution in [0.1, 0.15) is 10.6 Å². The highest BCUT2D eigenvalue weighted by Crippen LogP contribution is 2.32. The van der Waals surface area contributed by atoms with E-state index in [1.54, 1.807) is 18.2 Å². The van der Waals surface area contributed by atoms with Gasteiger partial charge in [0.15, 0.2) is 11.5 Å². The lowest BCUT2D eigenvalue weighted by Gasteiger charge is -1.98. The van der Waals surface area contributed by atoms with Gasteiger partial charge in [0.05, 0.1) is 5.01 Å². The number of anilines is 1. The second-order valence-corrected chi connectivity index (χ2v) is 6.16. The highest BCUT2D eigenvalue weighted by atomic mass is 32.1. The Labute approximate surface area is 146 Å². The number of fused-ring (bicyclic) bond motifs is 1. The van der Waals surface area contributed by atoms with Crippen LogP contribution in [0.4, 0.5) is 6.01 Å². The molecule has 0 aliphatic carbocycles. The van der Waals surface area contributed by atoms with E-state index < -0.39 is 0 Å². The van der Waals surface area contributed by atoms with Crippen LogP contribution in [0.25, 0.3) is 17.7 Å². The van der Waals surface area contributed by atoms with E-state index in [0.29, 0.717) is 17.2 Å². The number of benzene rings is 1. The topological polar surface area (TPSA) is 99.4 Å². The van der Waals surface area contributed by atoms with Crippen molar-refractivity contribution in [3.8, 4) is 23.1 Å². The van der Waals surface area contributed by atoms with Crippen molar-refractivity contribution in [2.75, 3.05) is 12.1 Å². The molecule has 2 aromatic heterocycles. The fraction of sp³-hybridized carbons (Fsp3) is 0.125. The van der Waals surface area contributed by atoms with Crippen molar-refractivity contribution in [3.63, 3.8) is 0 Å². The maximum absolute atomic E-state index is 12.0. The Hall–Kier alpha value is -3.20. The Balaban J connectivity index is 1.41. The number of carbonyl (C=O) groups excluding carboxylic acids is 1. The maximum atomic E-state index is 12.0. The summed E-state index contributed by atoms with van der Waals surface area (Å²) in [5.41, 5.74) is 1.40. The first-order chi connectivity index (χ1) is 12.2. The number of aromatic nitrogens is 3. The van der Waals surface area contributed by atoms with Crippen molar-refractivity contribution in [3.05, 3.63) is 40.2 Å². The Morgan fingerprint density at radius 3 is 3.00 bits per heavy atom. The van der Waals surface area contributed by atoms with E-state index in [2.05, 4.69) is 20.5 Å². The molecule has 1 aliphatic heterocycles. The zero-order chi connectivity index (χ0) is 17.2. The molecular formula is C16H12N4O4S. The lowest BCUT2D eigenvalue weighted by atomic mass is 10.2. The minimum absolute atomic E-state index is 0.0148. The standard InChI is InChI=1S/C16H12N4O4S/c1-9-17-11(7-25-9)15-19-20-16(24-15)18-14(21)5-3-10-2-4-12-13(6-10)23-8-22-12/h2-7H,8H2,1H3,(H,18,20,21). The van der Waals surface area contributed by atoms with Gasteiger partial charge in [0.2, 0.25) is 6.79 Å². The highest BCUT2D eigenvalue weighted by Gasteiger charge is 2.14. The van der Waals surface area contributed by atoms with E-state index in [4.69, 9.17) is 13.9 Å². The van der Waals surface area contributed by atoms with Gasteiger partial charge in [-0.05, 0) is 30.7 Å². The molecule has 8 nitrogen and oxygen atoms in total. The molecular weight excluding hydrogens is 344 g/mol. The summed E-state index contributed by atoms with van der Waals surface area (Å²) in [6.45, 7) is 2.09. The van der Waals surface area contributed by atoms with Crippen LogP contribution >= 0.6 is 11.3 Å². The van der Waals surface area contributed by atoms with Crippen molar-refractivity contribution < 1.29 is 18.7 Å². The summed E-state index contributed by atoms with van der Waals surface area (Å²) in [6.07, 6.45) is 3.02. The van der Waals surface area contributed by atoms with Crippen molar-refractivity contribution >= 4 is 29.3 Å². The summed E-state index contributed by atoms with van der Waals surface area (Å²) in [5.74, 6) is 1.22. The number of nitrogens with one attached hydrogen (secondary N) is 1. The van der Waals surface area contributed by atoms with Gasteiger partial charge in [-0.1, -0.05) is 11.2 Å². The first-order valence-electron chi connectivity index (χ1n) is 7.32. The molecule has 1 aliphatic rings. The Morgan fingerprint density at radius 2 is 2.16 bits per heavy atom. The number of amides is 1. The quantitative estimate of drug-likeness (QED) is 0.718. The van der Waals surface area contributed by atoms with Gasteiger partial charge < -0.3 is 13.9 Å². The average molecular weight is 356 g/mol. The van der Waals surface area contributed by atoms with Gasteiger partial charge in [0.25, 0.3) is 11.8 Å². The first kappa shape index (κ1) is 15.3. The maximum Gasteiger partial charge on any atom is 0.322 e. The van der Waals surface area contributed by atoms with Gasteiger partial charge >= 0.3 is 6.01 Å². The van der Waals surface area contributed by atoms with E-state index in [0.717, 1.165) is 10.6 Å². The van der Waals surface area contributed by atoms with Gasteiger partial charge in [-0.2, -0.15) is 0 Å². The van der Waals surface area contributed by atoms with Crippen molar-refractivity contribution in [1.82, 2.24) is 15.2 Å². The van der Waals surface area contributed by atoms with Gasteiger partial charge in [-0.3, -0.25) is 10.1 Å². The lowest BCUT2D eigenvalue weighted by Crippen LogP contribution is -2.07. The van der Waals surface area contributed by atoms with E-state index >= 15 is 0 Å². The van der Waals surface area contributed by atoms with Crippen LogP contribution in [0.15, 0.2) is 34.1 Å². The Morgan fingerprint density at radius 1 is 1.28 bits per heavy atom. The molecule has 0 bridgehead atoms. The zero-order valence-corrected chi connectivity index (χ0v) is 13.9. The van der Waals surface area contributed by atoms with Crippen LogP contribution in [0.2, 0.25) is 0 Å². The molecule has 0 spiro atoms. The molecule has 1 aromatic carbocycles. The molecule has 25 heavy (non-hydrogen) atoms. The van der Waals surface area contributed by atoms with Crippen LogP contribution in [0, 0.1) is 6.92 Å².